The number of hydrogen-bond donors (Lipinski definition) is 2. The fraction of sp³-hybridized carbons (Fsp3) is 0.364. The molecule has 15 heavy (non-hydrogen) atoms. The molecule has 1 rings (SSSR count). The standard InChI is InChI=1S/C11H14N2O2/c1-9(8-12)15-11-5-3-2-4-10(11)13-6-7-14/h2-5,9,13-14H,6-7H2,1H3. The minimum Gasteiger partial charge on any atom is -0.474 e. The summed E-state index contributed by atoms with van der Waals surface area (Å²) >= 11 is 0. The zero-order valence-corrected chi connectivity index (χ0v) is 8.60. The van der Waals surface area contributed by atoms with Crippen LogP contribution in [0.25, 0.3) is 0 Å². The maximum absolute atomic E-state index is 8.69. The molecule has 0 amide bonds. The van der Waals surface area contributed by atoms with Crippen LogP contribution < -0.4 is 10.1 Å². The van der Waals surface area contributed by atoms with Crippen molar-refractivity contribution in [2.24, 2.45) is 0 Å². The lowest BCUT2D eigenvalue weighted by molar-refractivity contribution is 0.277. The van der Waals surface area contributed by atoms with Crippen molar-refractivity contribution in [2.75, 3.05) is 18.5 Å². The normalized spacial score (nSPS) is 11.5. The molecule has 0 saturated carbocycles. The summed E-state index contributed by atoms with van der Waals surface area (Å²) in [6, 6.07) is 9.33. The summed E-state index contributed by atoms with van der Waals surface area (Å²) in [5.41, 5.74) is 0.786. The molecule has 4 nitrogen and oxygen atoms in total. The van der Waals surface area contributed by atoms with Gasteiger partial charge in [-0.2, -0.15) is 5.26 Å². The van der Waals surface area contributed by atoms with Crippen LogP contribution in [0.5, 0.6) is 5.75 Å². The van der Waals surface area contributed by atoms with Crippen molar-refractivity contribution in [2.45, 2.75) is 13.0 Å². The largest absolute Gasteiger partial charge is 0.474 e. The first-order valence-electron chi connectivity index (χ1n) is 4.78. The summed E-state index contributed by atoms with van der Waals surface area (Å²) in [6.45, 7) is 2.20. The van der Waals surface area contributed by atoms with Crippen molar-refractivity contribution < 1.29 is 9.84 Å². The van der Waals surface area contributed by atoms with E-state index in [1.54, 1.807) is 13.0 Å². The molecule has 80 valence electrons. The summed E-state index contributed by atoms with van der Waals surface area (Å²) in [7, 11) is 0. The van der Waals surface area contributed by atoms with Gasteiger partial charge in [0.05, 0.1) is 12.3 Å². The average Bonchev–Trinajstić information content (AvgIpc) is 2.28. The Bertz CT molecular complexity index is 347. The Morgan fingerprint density at radius 3 is 2.93 bits per heavy atom. The number of benzene rings is 1. The van der Waals surface area contributed by atoms with E-state index in [2.05, 4.69) is 5.32 Å². The van der Waals surface area contributed by atoms with Gasteiger partial charge in [-0.3, -0.25) is 0 Å². The molecule has 0 saturated heterocycles. The molecule has 4 heteroatoms. The number of rotatable bonds is 5. The lowest BCUT2D eigenvalue weighted by Gasteiger charge is -2.13. The Morgan fingerprint density at radius 2 is 2.27 bits per heavy atom. The molecule has 1 aromatic rings. The summed E-state index contributed by atoms with van der Waals surface area (Å²) in [6.07, 6.45) is -0.484. The molecule has 1 aromatic carbocycles. The number of nitrogens with one attached hydrogen (secondary N) is 1. The van der Waals surface area contributed by atoms with Crippen molar-refractivity contribution in [3.8, 4) is 11.8 Å². The van der Waals surface area contributed by atoms with Gasteiger partial charge in [0.1, 0.15) is 11.8 Å². The number of anilines is 1. The molecule has 0 spiro atoms. The van der Waals surface area contributed by atoms with Crippen LogP contribution in [0.4, 0.5) is 5.69 Å². The number of aliphatic hydroxyl groups excluding tert-OH is 1. The van der Waals surface area contributed by atoms with E-state index in [1.165, 1.54) is 0 Å². The average molecular weight is 206 g/mol. The first kappa shape index (κ1) is 11.3. The SMILES string of the molecule is CC(C#N)Oc1ccccc1NCCO. The first-order chi connectivity index (χ1) is 7.27. The number of ether oxygens (including phenoxy) is 1. The van der Waals surface area contributed by atoms with E-state index >= 15 is 0 Å². The van der Waals surface area contributed by atoms with Crippen LogP contribution >= 0.6 is 0 Å². The number of nitrogens with zero attached hydrogens (tertiary/aromatic N) is 1. The van der Waals surface area contributed by atoms with E-state index in [0.717, 1.165) is 5.69 Å². The van der Waals surface area contributed by atoms with Crippen LogP contribution in [0, 0.1) is 11.3 Å². The number of hydrogen-bond acceptors (Lipinski definition) is 4. The number of nitriles is 1. The smallest absolute Gasteiger partial charge is 0.181 e. The summed E-state index contributed by atoms with van der Waals surface area (Å²) in [5, 5.41) is 20.3. The first-order valence-corrected chi connectivity index (χ1v) is 4.78. The Balaban J connectivity index is 2.73. The second kappa shape index (κ2) is 5.89. The Hall–Kier alpha value is -1.73. The van der Waals surface area contributed by atoms with Gasteiger partial charge in [-0.05, 0) is 19.1 Å². The third kappa shape index (κ3) is 3.49. The van der Waals surface area contributed by atoms with Gasteiger partial charge in [0, 0.05) is 6.54 Å². The van der Waals surface area contributed by atoms with Crippen LogP contribution in [0.15, 0.2) is 24.3 Å². The van der Waals surface area contributed by atoms with Crippen molar-refractivity contribution in [3.63, 3.8) is 0 Å². The van der Waals surface area contributed by atoms with Crippen LogP contribution in [0.1, 0.15) is 6.92 Å². The lowest BCUT2D eigenvalue weighted by Crippen LogP contribution is -2.11. The quantitative estimate of drug-likeness (QED) is 0.763. The van der Waals surface area contributed by atoms with Crippen LogP contribution in [0.3, 0.4) is 0 Å². The fourth-order valence-electron chi connectivity index (χ4n) is 1.12. The van der Waals surface area contributed by atoms with Crippen molar-refractivity contribution in [1.29, 1.82) is 5.26 Å². The van der Waals surface area contributed by atoms with Crippen molar-refractivity contribution >= 4 is 5.69 Å². The van der Waals surface area contributed by atoms with Crippen LogP contribution in [-0.2, 0) is 0 Å². The van der Waals surface area contributed by atoms with Gasteiger partial charge in [-0.15, -0.1) is 0 Å². The zero-order valence-electron chi connectivity index (χ0n) is 8.60. The molecule has 1 unspecified atom stereocenters. The molecular weight excluding hydrogens is 192 g/mol. The Morgan fingerprint density at radius 1 is 1.53 bits per heavy atom. The molecule has 0 radical (unpaired) electrons. The molecule has 0 aliphatic rings. The van der Waals surface area contributed by atoms with E-state index < -0.39 is 6.10 Å². The van der Waals surface area contributed by atoms with E-state index in [9.17, 15) is 0 Å². The highest BCUT2D eigenvalue weighted by Crippen LogP contribution is 2.24. The predicted molar refractivity (Wildman–Crippen MR) is 57.7 cm³/mol. The summed E-state index contributed by atoms with van der Waals surface area (Å²) in [4.78, 5) is 0. The molecule has 0 bridgehead atoms. The van der Waals surface area contributed by atoms with Gasteiger partial charge >= 0.3 is 0 Å². The van der Waals surface area contributed by atoms with Gasteiger partial charge in [0.2, 0.25) is 0 Å². The maximum atomic E-state index is 8.69. The predicted octanol–water partition coefficient (Wildman–Crippen LogP) is 1.38. The maximum Gasteiger partial charge on any atom is 0.181 e. The van der Waals surface area contributed by atoms with E-state index in [-0.39, 0.29) is 6.61 Å². The number of aliphatic hydroxyl groups is 1. The molecular formula is C11H14N2O2. The van der Waals surface area contributed by atoms with Crippen LogP contribution in [0.2, 0.25) is 0 Å². The topological polar surface area (TPSA) is 65.3 Å². The molecule has 1 atom stereocenters. The highest BCUT2D eigenvalue weighted by Gasteiger charge is 2.05. The summed E-state index contributed by atoms with van der Waals surface area (Å²) < 4.78 is 5.39. The van der Waals surface area contributed by atoms with Gasteiger partial charge < -0.3 is 15.2 Å². The molecule has 0 aliphatic carbocycles. The molecule has 0 fully saturated rings. The molecule has 0 aliphatic heterocycles. The molecule has 2 N–H and O–H groups in total. The molecule has 0 heterocycles. The lowest BCUT2D eigenvalue weighted by atomic mass is 10.3. The Kier molecular flexibility index (Phi) is 4.45. The monoisotopic (exact) mass is 206 g/mol. The van der Waals surface area contributed by atoms with Crippen molar-refractivity contribution in [1.82, 2.24) is 0 Å². The van der Waals surface area contributed by atoms with Gasteiger partial charge in [0.25, 0.3) is 0 Å². The zero-order chi connectivity index (χ0) is 11.1. The highest BCUT2D eigenvalue weighted by atomic mass is 16.5. The number of para-hydroxylation sites is 2. The minimum absolute atomic E-state index is 0.0577. The molecule has 0 aromatic heterocycles. The van der Waals surface area contributed by atoms with E-state index in [4.69, 9.17) is 15.1 Å². The second-order valence-electron chi connectivity index (χ2n) is 3.04. The summed E-state index contributed by atoms with van der Waals surface area (Å²) in [5.74, 6) is 0.625. The van der Waals surface area contributed by atoms with E-state index in [0.29, 0.717) is 12.3 Å². The van der Waals surface area contributed by atoms with Gasteiger partial charge in [-0.1, -0.05) is 12.1 Å². The fourth-order valence-corrected chi connectivity index (χ4v) is 1.12. The van der Waals surface area contributed by atoms with Gasteiger partial charge in [-0.25, -0.2) is 0 Å². The van der Waals surface area contributed by atoms with Crippen LogP contribution in [-0.4, -0.2) is 24.4 Å². The Labute approximate surface area is 89.1 Å². The second-order valence-corrected chi connectivity index (χ2v) is 3.04. The third-order valence-electron chi connectivity index (χ3n) is 1.80. The highest BCUT2D eigenvalue weighted by molar-refractivity contribution is 5.56. The minimum atomic E-state index is -0.484. The van der Waals surface area contributed by atoms with Crippen molar-refractivity contribution in [3.05, 3.63) is 24.3 Å². The van der Waals surface area contributed by atoms with E-state index in [1.807, 2.05) is 24.3 Å². The van der Waals surface area contributed by atoms with Gasteiger partial charge in [0.15, 0.2) is 6.10 Å². The third-order valence-corrected chi connectivity index (χ3v) is 1.80.